The van der Waals surface area contributed by atoms with Gasteiger partial charge in [0.1, 0.15) is 6.04 Å². The van der Waals surface area contributed by atoms with E-state index >= 15 is 0 Å². The zero-order chi connectivity index (χ0) is 12.6. The molecule has 1 unspecified atom stereocenters. The molecule has 5 nitrogen and oxygen atoms in total. The molecule has 1 aromatic heterocycles. The van der Waals surface area contributed by atoms with Gasteiger partial charge in [-0.3, -0.25) is 9.36 Å². The predicted octanol–water partition coefficient (Wildman–Crippen LogP) is 1.69. The van der Waals surface area contributed by atoms with Gasteiger partial charge in [-0.25, -0.2) is 4.98 Å². The molecule has 90 valence electrons. The highest BCUT2D eigenvalue weighted by atomic mass is 79.9. The number of carbonyl (C=O) groups is 1. The summed E-state index contributed by atoms with van der Waals surface area (Å²) >= 11 is 3.38. The Labute approximate surface area is 107 Å². The number of anilines is 1. The van der Waals surface area contributed by atoms with Gasteiger partial charge in [0.25, 0.3) is 0 Å². The molecule has 1 heterocycles. The van der Waals surface area contributed by atoms with Gasteiger partial charge >= 0.3 is 0 Å². The van der Waals surface area contributed by atoms with E-state index in [1.165, 1.54) is 0 Å². The zero-order valence-electron chi connectivity index (χ0n) is 9.57. The van der Waals surface area contributed by atoms with Crippen molar-refractivity contribution in [2.24, 2.45) is 0 Å². The summed E-state index contributed by atoms with van der Waals surface area (Å²) < 4.78 is 2.66. The fourth-order valence-electron chi connectivity index (χ4n) is 1.82. The minimum Gasteiger partial charge on any atom is -0.369 e. The third-order valence-corrected chi connectivity index (χ3v) is 3.19. The molecule has 3 N–H and O–H groups in total. The average Bonchev–Trinajstić information content (AvgIpc) is 2.62. The molecule has 0 saturated carbocycles. The molecule has 1 amide bonds. The van der Waals surface area contributed by atoms with E-state index < -0.39 is 0 Å². The standard InChI is InChI=1S/C11H13BrN4O/c1-6(10(17)14-2)16-9-4-3-7(12)5-8(9)15-11(16)13/h3-6H,1-2H3,(H2,13,15)(H,14,17). The van der Waals surface area contributed by atoms with Gasteiger partial charge in [-0.05, 0) is 25.1 Å². The first-order valence-corrected chi connectivity index (χ1v) is 5.98. The first-order chi connectivity index (χ1) is 8.04. The van der Waals surface area contributed by atoms with Crippen molar-refractivity contribution in [2.45, 2.75) is 13.0 Å². The highest BCUT2D eigenvalue weighted by Crippen LogP contribution is 2.25. The monoisotopic (exact) mass is 296 g/mol. The second-order valence-corrected chi connectivity index (χ2v) is 4.68. The fourth-order valence-corrected chi connectivity index (χ4v) is 2.17. The number of nitrogens with one attached hydrogen (secondary N) is 1. The maximum atomic E-state index is 11.6. The van der Waals surface area contributed by atoms with Crippen LogP contribution >= 0.6 is 15.9 Å². The van der Waals surface area contributed by atoms with Gasteiger partial charge in [0.05, 0.1) is 11.0 Å². The molecule has 0 fully saturated rings. The van der Waals surface area contributed by atoms with Crippen LogP contribution in [0.4, 0.5) is 5.95 Å². The second kappa shape index (κ2) is 4.37. The van der Waals surface area contributed by atoms with Crippen LogP contribution in [-0.4, -0.2) is 22.5 Å². The van der Waals surface area contributed by atoms with Crippen LogP contribution in [0, 0.1) is 0 Å². The van der Waals surface area contributed by atoms with Gasteiger partial charge in [0, 0.05) is 11.5 Å². The number of carbonyl (C=O) groups excluding carboxylic acids is 1. The maximum absolute atomic E-state index is 11.6. The summed E-state index contributed by atoms with van der Waals surface area (Å²) in [7, 11) is 1.60. The number of halogens is 1. The SMILES string of the molecule is CNC(=O)C(C)n1c(N)nc2cc(Br)ccc21. The Kier molecular flexibility index (Phi) is 3.06. The number of likely N-dealkylation sites (N-methyl/N-ethyl adjacent to an activating group) is 1. The molecule has 0 spiro atoms. The number of hydrogen-bond acceptors (Lipinski definition) is 3. The van der Waals surface area contributed by atoms with Crippen molar-refractivity contribution in [1.82, 2.24) is 14.9 Å². The number of benzene rings is 1. The lowest BCUT2D eigenvalue weighted by Gasteiger charge is -2.14. The molecule has 17 heavy (non-hydrogen) atoms. The van der Waals surface area contributed by atoms with Gasteiger partial charge in [0.15, 0.2) is 0 Å². The highest BCUT2D eigenvalue weighted by molar-refractivity contribution is 9.10. The number of nitrogens with zero attached hydrogens (tertiary/aromatic N) is 2. The largest absolute Gasteiger partial charge is 0.369 e. The van der Waals surface area contributed by atoms with E-state index in [0.29, 0.717) is 5.95 Å². The lowest BCUT2D eigenvalue weighted by molar-refractivity contribution is -0.123. The fraction of sp³-hybridized carbons (Fsp3) is 0.273. The number of imidazole rings is 1. The van der Waals surface area contributed by atoms with Crippen LogP contribution < -0.4 is 11.1 Å². The molecule has 0 saturated heterocycles. The second-order valence-electron chi connectivity index (χ2n) is 3.76. The van der Waals surface area contributed by atoms with Crippen molar-refractivity contribution in [1.29, 1.82) is 0 Å². The van der Waals surface area contributed by atoms with E-state index in [-0.39, 0.29) is 11.9 Å². The molecule has 2 aromatic rings. The van der Waals surface area contributed by atoms with Crippen molar-refractivity contribution < 1.29 is 4.79 Å². The smallest absolute Gasteiger partial charge is 0.242 e. The van der Waals surface area contributed by atoms with Crippen LogP contribution in [0.3, 0.4) is 0 Å². The lowest BCUT2D eigenvalue weighted by Crippen LogP contribution is -2.28. The molecule has 0 aliphatic carbocycles. The number of nitrogens with two attached hydrogens (primary N) is 1. The van der Waals surface area contributed by atoms with Crippen molar-refractivity contribution in [2.75, 3.05) is 12.8 Å². The Bertz CT molecular complexity index is 578. The van der Waals surface area contributed by atoms with Crippen LogP contribution in [0.15, 0.2) is 22.7 Å². The minimum atomic E-state index is -0.383. The Balaban J connectivity index is 2.61. The Morgan fingerprint density at radius 3 is 2.94 bits per heavy atom. The van der Waals surface area contributed by atoms with Gasteiger partial charge in [-0.1, -0.05) is 15.9 Å². The van der Waals surface area contributed by atoms with E-state index in [0.717, 1.165) is 15.5 Å². The van der Waals surface area contributed by atoms with Crippen molar-refractivity contribution in [3.8, 4) is 0 Å². The van der Waals surface area contributed by atoms with Crippen LogP contribution in [0.5, 0.6) is 0 Å². The summed E-state index contributed by atoms with van der Waals surface area (Å²) in [5, 5.41) is 2.60. The Morgan fingerprint density at radius 2 is 2.29 bits per heavy atom. The highest BCUT2D eigenvalue weighted by Gasteiger charge is 2.19. The third-order valence-electron chi connectivity index (χ3n) is 2.69. The molecule has 0 bridgehead atoms. The molecule has 1 aromatic carbocycles. The van der Waals surface area contributed by atoms with Crippen molar-refractivity contribution >= 4 is 38.8 Å². The molecular formula is C11H13BrN4O. The van der Waals surface area contributed by atoms with E-state index in [1.54, 1.807) is 18.5 Å². The van der Waals surface area contributed by atoms with Gasteiger partial charge in [0.2, 0.25) is 11.9 Å². The summed E-state index contributed by atoms with van der Waals surface area (Å²) in [6.45, 7) is 1.79. The van der Waals surface area contributed by atoms with Crippen molar-refractivity contribution in [3.63, 3.8) is 0 Å². The van der Waals surface area contributed by atoms with Crippen LogP contribution in [0.25, 0.3) is 11.0 Å². The third kappa shape index (κ3) is 2.00. The van der Waals surface area contributed by atoms with E-state index in [9.17, 15) is 4.79 Å². The molecular weight excluding hydrogens is 284 g/mol. The summed E-state index contributed by atoms with van der Waals surface area (Å²) in [5.74, 6) is 0.244. The molecule has 6 heteroatoms. The molecule has 1 atom stereocenters. The summed E-state index contributed by atoms with van der Waals surface area (Å²) in [4.78, 5) is 15.9. The number of amides is 1. The first kappa shape index (κ1) is 11.9. The number of nitrogen functional groups attached to an aromatic ring is 1. The Hall–Kier alpha value is -1.56. The summed E-state index contributed by atoms with van der Waals surface area (Å²) in [6.07, 6.45) is 0. The van der Waals surface area contributed by atoms with E-state index in [1.807, 2.05) is 18.2 Å². The van der Waals surface area contributed by atoms with Gasteiger partial charge in [-0.2, -0.15) is 0 Å². The number of hydrogen-bond donors (Lipinski definition) is 2. The quantitative estimate of drug-likeness (QED) is 0.886. The average molecular weight is 297 g/mol. The first-order valence-electron chi connectivity index (χ1n) is 5.19. The van der Waals surface area contributed by atoms with Crippen LogP contribution in [0.2, 0.25) is 0 Å². The zero-order valence-corrected chi connectivity index (χ0v) is 11.2. The van der Waals surface area contributed by atoms with Gasteiger partial charge < -0.3 is 11.1 Å². The van der Waals surface area contributed by atoms with Crippen molar-refractivity contribution in [3.05, 3.63) is 22.7 Å². The number of aromatic nitrogens is 2. The predicted molar refractivity (Wildman–Crippen MR) is 70.6 cm³/mol. The summed E-state index contributed by atoms with van der Waals surface area (Å²) in [6, 6.07) is 5.28. The van der Waals surface area contributed by atoms with Gasteiger partial charge in [-0.15, -0.1) is 0 Å². The van der Waals surface area contributed by atoms with Crippen LogP contribution in [-0.2, 0) is 4.79 Å². The number of fused-ring (bicyclic) bond motifs is 1. The number of rotatable bonds is 2. The molecule has 2 rings (SSSR count). The van der Waals surface area contributed by atoms with E-state index in [2.05, 4.69) is 26.2 Å². The minimum absolute atomic E-state index is 0.0982. The summed E-state index contributed by atoms with van der Waals surface area (Å²) in [5.41, 5.74) is 7.47. The normalized spacial score (nSPS) is 12.6. The molecule has 0 aliphatic heterocycles. The lowest BCUT2D eigenvalue weighted by atomic mass is 10.2. The molecule has 0 aliphatic rings. The maximum Gasteiger partial charge on any atom is 0.242 e. The van der Waals surface area contributed by atoms with E-state index in [4.69, 9.17) is 5.73 Å². The topological polar surface area (TPSA) is 72.9 Å². The Morgan fingerprint density at radius 1 is 1.59 bits per heavy atom. The van der Waals surface area contributed by atoms with Crippen LogP contribution in [0.1, 0.15) is 13.0 Å². The molecule has 0 radical (unpaired) electrons.